The Kier molecular flexibility index (Phi) is 6.55. The molecule has 0 radical (unpaired) electrons. The van der Waals surface area contributed by atoms with E-state index in [4.69, 9.17) is 10.5 Å². The summed E-state index contributed by atoms with van der Waals surface area (Å²) in [5.74, 6) is 0.208. The molecule has 0 spiro atoms. The minimum atomic E-state index is -0.438. The molecule has 5 nitrogen and oxygen atoms in total. The number of amides is 1. The van der Waals surface area contributed by atoms with Gasteiger partial charge in [-0.25, -0.2) is 0 Å². The zero-order chi connectivity index (χ0) is 21.5. The van der Waals surface area contributed by atoms with Gasteiger partial charge >= 0.3 is 0 Å². The van der Waals surface area contributed by atoms with E-state index in [-0.39, 0.29) is 12.5 Å². The van der Waals surface area contributed by atoms with Crippen LogP contribution in [0, 0.1) is 0 Å². The van der Waals surface area contributed by atoms with E-state index < -0.39 is 5.92 Å². The Balaban J connectivity index is 1.37. The first kappa shape index (κ1) is 20.6. The number of nitrogens with zero attached hydrogens (tertiary/aromatic N) is 1. The lowest BCUT2D eigenvalue weighted by Crippen LogP contribution is -2.27. The molecule has 0 bridgehead atoms. The number of nitrogens with two attached hydrogens (primary N) is 1. The van der Waals surface area contributed by atoms with E-state index in [2.05, 4.69) is 22.4 Å². The number of carbonyl (C=O) groups is 1. The topological polar surface area (TPSA) is 77.2 Å². The molecule has 3 aromatic carbocycles. The van der Waals surface area contributed by atoms with Crippen molar-refractivity contribution >= 4 is 22.4 Å². The second kappa shape index (κ2) is 9.87. The smallest absolute Gasteiger partial charge is 0.233 e. The van der Waals surface area contributed by atoms with Crippen LogP contribution in [0.1, 0.15) is 17.0 Å². The highest BCUT2D eigenvalue weighted by molar-refractivity contribution is 5.98. The van der Waals surface area contributed by atoms with Gasteiger partial charge < -0.3 is 15.8 Å². The Bertz CT molecular complexity index is 1140. The van der Waals surface area contributed by atoms with Crippen LogP contribution in [0.25, 0.3) is 10.8 Å². The van der Waals surface area contributed by atoms with Crippen molar-refractivity contribution in [2.75, 3.05) is 18.5 Å². The molecule has 31 heavy (non-hydrogen) atoms. The molecule has 1 amide bonds. The van der Waals surface area contributed by atoms with Crippen LogP contribution in [0.2, 0.25) is 0 Å². The number of fused-ring (bicyclic) bond motifs is 1. The molecule has 0 saturated carbocycles. The van der Waals surface area contributed by atoms with Crippen molar-refractivity contribution in [3.63, 3.8) is 0 Å². The lowest BCUT2D eigenvalue weighted by molar-refractivity contribution is -0.117. The fraction of sp³-hybridized carbons (Fsp3) is 0.154. The molecule has 1 aromatic heterocycles. The molecule has 156 valence electrons. The summed E-state index contributed by atoms with van der Waals surface area (Å²) in [4.78, 5) is 17.0. The van der Waals surface area contributed by atoms with Crippen LogP contribution in [0.5, 0.6) is 5.75 Å². The van der Waals surface area contributed by atoms with Crippen LogP contribution in [0.15, 0.2) is 91.3 Å². The zero-order valence-electron chi connectivity index (χ0n) is 17.2. The number of benzene rings is 3. The molecule has 5 heteroatoms. The largest absolute Gasteiger partial charge is 0.493 e. The highest BCUT2D eigenvalue weighted by atomic mass is 16.5. The Morgan fingerprint density at radius 1 is 0.968 bits per heavy atom. The van der Waals surface area contributed by atoms with E-state index in [1.807, 2.05) is 66.7 Å². The summed E-state index contributed by atoms with van der Waals surface area (Å²) >= 11 is 0. The third-order valence-corrected chi connectivity index (χ3v) is 5.25. The molecule has 1 unspecified atom stereocenters. The van der Waals surface area contributed by atoms with Crippen molar-refractivity contribution in [2.45, 2.75) is 12.3 Å². The molecule has 0 aliphatic rings. The predicted molar refractivity (Wildman–Crippen MR) is 124 cm³/mol. The maximum absolute atomic E-state index is 12.9. The van der Waals surface area contributed by atoms with Gasteiger partial charge in [0.1, 0.15) is 5.75 Å². The van der Waals surface area contributed by atoms with Gasteiger partial charge in [0.25, 0.3) is 0 Å². The standard InChI is InChI=1S/C26H25N3O2/c27-17-25(26(30)29-23-9-6-22-18-28-14-12-21(22)16-23)20-7-10-24(11-8-20)31-15-13-19-4-2-1-3-5-19/h1-12,14,16,18,25H,13,15,17,27H2,(H,29,30). The third kappa shape index (κ3) is 5.27. The molecule has 0 aliphatic carbocycles. The molecule has 3 N–H and O–H groups in total. The van der Waals surface area contributed by atoms with Crippen LogP contribution in [-0.2, 0) is 11.2 Å². The number of rotatable bonds is 8. The first-order valence-corrected chi connectivity index (χ1v) is 10.3. The monoisotopic (exact) mass is 411 g/mol. The van der Waals surface area contributed by atoms with Crippen molar-refractivity contribution < 1.29 is 9.53 Å². The highest BCUT2D eigenvalue weighted by Crippen LogP contribution is 2.23. The minimum absolute atomic E-state index is 0.131. The predicted octanol–water partition coefficient (Wildman–Crippen LogP) is 4.54. The average Bonchev–Trinajstić information content (AvgIpc) is 2.81. The van der Waals surface area contributed by atoms with Crippen molar-refractivity contribution in [2.24, 2.45) is 5.73 Å². The number of aromatic nitrogens is 1. The quantitative estimate of drug-likeness (QED) is 0.446. The summed E-state index contributed by atoms with van der Waals surface area (Å²) in [5, 5.41) is 5.03. The Hall–Kier alpha value is -3.70. The van der Waals surface area contributed by atoms with Gasteiger partial charge in [-0.3, -0.25) is 9.78 Å². The molecule has 4 rings (SSSR count). The molecule has 0 saturated heterocycles. The fourth-order valence-electron chi connectivity index (χ4n) is 3.51. The first-order valence-electron chi connectivity index (χ1n) is 10.3. The van der Waals surface area contributed by atoms with Crippen LogP contribution in [0.3, 0.4) is 0 Å². The van der Waals surface area contributed by atoms with Gasteiger partial charge in [0.2, 0.25) is 5.91 Å². The highest BCUT2D eigenvalue weighted by Gasteiger charge is 2.19. The number of pyridine rings is 1. The minimum Gasteiger partial charge on any atom is -0.493 e. The fourth-order valence-corrected chi connectivity index (χ4v) is 3.51. The van der Waals surface area contributed by atoms with Crippen LogP contribution in [-0.4, -0.2) is 24.0 Å². The van der Waals surface area contributed by atoms with Crippen LogP contribution < -0.4 is 15.8 Å². The van der Waals surface area contributed by atoms with E-state index in [0.29, 0.717) is 6.61 Å². The number of carbonyl (C=O) groups excluding carboxylic acids is 1. The third-order valence-electron chi connectivity index (χ3n) is 5.25. The van der Waals surface area contributed by atoms with Gasteiger partial charge in [0.05, 0.1) is 12.5 Å². The van der Waals surface area contributed by atoms with E-state index in [9.17, 15) is 4.79 Å². The van der Waals surface area contributed by atoms with Gasteiger partial charge in [-0.2, -0.15) is 0 Å². The van der Waals surface area contributed by atoms with E-state index in [1.54, 1.807) is 12.4 Å². The molecule has 1 heterocycles. The van der Waals surface area contributed by atoms with Gasteiger partial charge in [0.15, 0.2) is 0 Å². The lowest BCUT2D eigenvalue weighted by atomic mass is 9.98. The van der Waals surface area contributed by atoms with Crippen LogP contribution in [0.4, 0.5) is 5.69 Å². The van der Waals surface area contributed by atoms with Gasteiger partial charge in [-0.15, -0.1) is 0 Å². The average molecular weight is 412 g/mol. The molecule has 0 aliphatic heterocycles. The van der Waals surface area contributed by atoms with Gasteiger partial charge in [-0.1, -0.05) is 48.5 Å². The van der Waals surface area contributed by atoms with Gasteiger partial charge in [-0.05, 0) is 46.8 Å². The lowest BCUT2D eigenvalue weighted by Gasteiger charge is -2.16. The summed E-state index contributed by atoms with van der Waals surface area (Å²) in [7, 11) is 0. The number of nitrogens with one attached hydrogen (secondary N) is 1. The molecular formula is C26H25N3O2. The van der Waals surface area contributed by atoms with Gasteiger partial charge in [0, 0.05) is 36.4 Å². The molecule has 1 atom stereocenters. The second-order valence-corrected chi connectivity index (χ2v) is 7.37. The summed E-state index contributed by atoms with van der Waals surface area (Å²) in [6.45, 7) is 0.819. The Morgan fingerprint density at radius 2 is 1.77 bits per heavy atom. The number of hydrogen-bond donors (Lipinski definition) is 2. The number of ether oxygens (including phenoxy) is 1. The Morgan fingerprint density at radius 3 is 2.55 bits per heavy atom. The first-order chi connectivity index (χ1) is 15.2. The van der Waals surface area contributed by atoms with E-state index >= 15 is 0 Å². The van der Waals surface area contributed by atoms with Crippen molar-refractivity contribution in [1.82, 2.24) is 4.98 Å². The van der Waals surface area contributed by atoms with E-state index in [1.165, 1.54) is 5.56 Å². The summed E-state index contributed by atoms with van der Waals surface area (Å²) in [6, 6.07) is 25.5. The van der Waals surface area contributed by atoms with Crippen molar-refractivity contribution in [3.05, 3.63) is 102 Å². The Labute approximate surface area is 181 Å². The summed E-state index contributed by atoms with van der Waals surface area (Å²) in [6.07, 6.45) is 4.38. The number of anilines is 1. The van der Waals surface area contributed by atoms with Crippen LogP contribution >= 0.6 is 0 Å². The van der Waals surface area contributed by atoms with Crippen molar-refractivity contribution in [3.8, 4) is 5.75 Å². The van der Waals surface area contributed by atoms with E-state index in [0.717, 1.165) is 34.2 Å². The zero-order valence-corrected chi connectivity index (χ0v) is 17.2. The second-order valence-electron chi connectivity index (χ2n) is 7.37. The maximum Gasteiger partial charge on any atom is 0.233 e. The number of hydrogen-bond acceptors (Lipinski definition) is 4. The summed E-state index contributed by atoms with van der Waals surface area (Å²) in [5.41, 5.74) is 8.77. The molecule has 4 aromatic rings. The maximum atomic E-state index is 12.9. The normalized spacial score (nSPS) is 11.8. The van der Waals surface area contributed by atoms with Crippen molar-refractivity contribution in [1.29, 1.82) is 0 Å². The molecule has 0 fully saturated rings. The molecular weight excluding hydrogens is 386 g/mol. The SMILES string of the molecule is NCC(C(=O)Nc1ccc2cnccc2c1)c1ccc(OCCc2ccccc2)cc1. The summed E-state index contributed by atoms with van der Waals surface area (Å²) < 4.78 is 5.84.